The number of hydrogen-bond donors (Lipinski definition) is 0. The molecule has 0 N–H and O–H groups in total. The van der Waals surface area contributed by atoms with Crippen molar-refractivity contribution in [3.05, 3.63) is 253 Å². The first-order chi connectivity index (χ1) is 29.7. The lowest BCUT2D eigenvalue weighted by molar-refractivity contribution is 0.670. The molecule has 1 nitrogen and oxygen atoms in total. The topological polar surface area (TPSA) is 13.1 Å². The summed E-state index contributed by atoms with van der Waals surface area (Å²) in [6.07, 6.45) is 0. The molecule has 0 bridgehead atoms. The summed E-state index contributed by atoms with van der Waals surface area (Å²) in [5.74, 6) is 0.0528. The molecule has 0 aliphatic heterocycles. The molecular formula is C59H40O. The van der Waals surface area contributed by atoms with E-state index in [0.717, 1.165) is 33.1 Å². The van der Waals surface area contributed by atoms with Crippen LogP contribution in [0.2, 0.25) is 0 Å². The Morgan fingerprint density at radius 1 is 0.267 bits per heavy atom. The van der Waals surface area contributed by atoms with Crippen molar-refractivity contribution in [2.75, 3.05) is 0 Å². The van der Waals surface area contributed by atoms with E-state index in [1.165, 1.54) is 72.0 Å². The second kappa shape index (κ2) is 15.2. The van der Waals surface area contributed by atoms with Crippen molar-refractivity contribution in [1.82, 2.24) is 0 Å². The Hall–Kier alpha value is -7.74. The fourth-order valence-electron chi connectivity index (χ4n) is 8.97. The molecule has 10 aromatic carbocycles. The van der Waals surface area contributed by atoms with E-state index in [9.17, 15) is 0 Å². The minimum atomic E-state index is 0.0528. The lowest BCUT2D eigenvalue weighted by Gasteiger charge is -2.21. The van der Waals surface area contributed by atoms with Gasteiger partial charge in [0.05, 0.1) is 0 Å². The third kappa shape index (κ3) is 6.57. The zero-order valence-electron chi connectivity index (χ0n) is 33.0. The van der Waals surface area contributed by atoms with Crippen LogP contribution in [0, 0.1) is 0 Å². The van der Waals surface area contributed by atoms with E-state index < -0.39 is 0 Å². The highest BCUT2D eigenvalue weighted by molar-refractivity contribution is 6.09. The molecule has 1 atom stereocenters. The van der Waals surface area contributed by atoms with Gasteiger partial charge in [0.15, 0.2) is 0 Å². The summed E-state index contributed by atoms with van der Waals surface area (Å²) in [4.78, 5) is 0. The van der Waals surface area contributed by atoms with Crippen molar-refractivity contribution in [2.24, 2.45) is 0 Å². The van der Waals surface area contributed by atoms with Crippen molar-refractivity contribution in [3.8, 4) is 55.6 Å². The maximum Gasteiger partial charge on any atom is 0.143 e. The van der Waals surface area contributed by atoms with Crippen molar-refractivity contribution >= 4 is 32.7 Å². The van der Waals surface area contributed by atoms with Gasteiger partial charge in [-0.05, 0) is 89.7 Å². The van der Waals surface area contributed by atoms with Crippen LogP contribution >= 0.6 is 0 Å². The zero-order valence-corrected chi connectivity index (χ0v) is 33.0. The highest BCUT2D eigenvalue weighted by Gasteiger charge is 2.19. The van der Waals surface area contributed by atoms with Gasteiger partial charge in [0.25, 0.3) is 0 Å². The molecule has 1 heterocycles. The van der Waals surface area contributed by atoms with E-state index in [1.807, 2.05) is 12.1 Å². The average molecular weight is 765 g/mol. The largest absolute Gasteiger partial charge is 0.455 e. The third-order valence-corrected chi connectivity index (χ3v) is 12.1. The summed E-state index contributed by atoms with van der Waals surface area (Å²) in [7, 11) is 0. The second-order valence-corrected chi connectivity index (χ2v) is 15.6. The van der Waals surface area contributed by atoms with Gasteiger partial charge in [0.2, 0.25) is 0 Å². The number of rotatable bonds is 8. The Morgan fingerprint density at radius 2 is 0.683 bits per heavy atom. The Labute approximate surface area is 350 Å². The van der Waals surface area contributed by atoms with Gasteiger partial charge in [-0.25, -0.2) is 0 Å². The van der Waals surface area contributed by atoms with Crippen LogP contribution in [0.15, 0.2) is 241 Å². The first-order valence-corrected chi connectivity index (χ1v) is 20.7. The van der Waals surface area contributed by atoms with Gasteiger partial charge in [-0.3, -0.25) is 0 Å². The fourth-order valence-corrected chi connectivity index (χ4v) is 8.97. The molecule has 1 unspecified atom stereocenters. The van der Waals surface area contributed by atoms with Crippen molar-refractivity contribution in [1.29, 1.82) is 0 Å². The molecule has 0 aliphatic rings. The first-order valence-electron chi connectivity index (χ1n) is 20.7. The van der Waals surface area contributed by atoms with Gasteiger partial charge in [0, 0.05) is 22.3 Å². The van der Waals surface area contributed by atoms with E-state index >= 15 is 0 Å². The number of hydrogen-bond acceptors (Lipinski definition) is 1. The van der Waals surface area contributed by atoms with Gasteiger partial charge in [-0.1, -0.05) is 224 Å². The quantitative estimate of drug-likeness (QED) is 0.140. The van der Waals surface area contributed by atoms with Crippen LogP contribution in [0.1, 0.15) is 22.6 Å². The normalized spacial score (nSPS) is 11.9. The summed E-state index contributed by atoms with van der Waals surface area (Å²) in [6.45, 7) is 0. The molecule has 1 heteroatoms. The molecule has 11 aromatic rings. The number of para-hydroxylation sites is 2. The van der Waals surface area contributed by atoms with Crippen LogP contribution in [0.5, 0.6) is 0 Å². The molecule has 282 valence electrons. The summed E-state index contributed by atoms with van der Waals surface area (Å²) in [6, 6.07) is 85.7. The second-order valence-electron chi connectivity index (χ2n) is 15.6. The average Bonchev–Trinajstić information content (AvgIpc) is 3.72. The Balaban J connectivity index is 0.929. The Morgan fingerprint density at radius 3 is 1.37 bits per heavy atom. The highest BCUT2D eigenvalue weighted by atomic mass is 16.3. The monoisotopic (exact) mass is 764 g/mol. The molecule has 60 heavy (non-hydrogen) atoms. The van der Waals surface area contributed by atoms with Gasteiger partial charge >= 0.3 is 0 Å². The van der Waals surface area contributed by atoms with Crippen molar-refractivity contribution in [3.63, 3.8) is 0 Å². The van der Waals surface area contributed by atoms with Crippen LogP contribution in [-0.4, -0.2) is 0 Å². The fraction of sp³-hybridized carbons (Fsp3) is 0.0169. The minimum absolute atomic E-state index is 0.0528. The maximum atomic E-state index is 6.36. The highest BCUT2D eigenvalue weighted by Crippen LogP contribution is 2.39. The third-order valence-electron chi connectivity index (χ3n) is 12.1. The van der Waals surface area contributed by atoms with Gasteiger partial charge < -0.3 is 4.42 Å². The maximum absolute atomic E-state index is 6.36. The number of furan rings is 1. The molecule has 0 saturated heterocycles. The van der Waals surface area contributed by atoms with E-state index in [4.69, 9.17) is 4.42 Å². The Kier molecular flexibility index (Phi) is 8.98. The van der Waals surface area contributed by atoms with E-state index in [-0.39, 0.29) is 5.92 Å². The molecule has 0 radical (unpaired) electrons. The van der Waals surface area contributed by atoms with E-state index in [1.54, 1.807) is 0 Å². The first kappa shape index (κ1) is 35.4. The lowest BCUT2D eigenvalue weighted by Crippen LogP contribution is -2.03. The van der Waals surface area contributed by atoms with Gasteiger partial charge in [-0.15, -0.1) is 0 Å². The number of fused-ring (bicyclic) bond motifs is 4. The summed E-state index contributed by atoms with van der Waals surface area (Å²) in [5, 5.41) is 4.82. The van der Waals surface area contributed by atoms with Crippen LogP contribution in [0.25, 0.3) is 88.3 Å². The molecule has 1 aromatic heterocycles. The molecule has 0 saturated carbocycles. The standard InChI is InChI=1S/C59H40O/c1-2-11-40(12-3-1)50-15-8-16-51(39-50)43-27-35-48(36-28-43)58(49-37-31-45(32-38-49)53-19-9-14-44-13-4-5-17-52(44)53)47-33-25-42(26-34-47)41-23-29-46(30-24-41)54-20-10-21-56-55-18-6-7-22-57(55)60-59(54)56/h1-39,58H. The Bertz CT molecular complexity index is 3260. The van der Waals surface area contributed by atoms with Gasteiger partial charge in [-0.2, -0.15) is 0 Å². The van der Waals surface area contributed by atoms with Crippen LogP contribution in [0.3, 0.4) is 0 Å². The van der Waals surface area contributed by atoms with Crippen LogP contribution in [-0.2, 0) is 0 Å². The molecule has 0 amide bonds. The van der Waals surface area contributed by atoms with E-state index in [0.29, 0.717) is 0 Å². The zero-order chi connectivity index (χ0) is 39.8. The summed E-state index contributed by atoms with van der Waals surface area (Å²) in [5.41, 5.74) is 17.6. The smallest absolute Gasteiger partial charge is 0.143 e. The van der Waals surface area contributed by atoms with Crippen molar-refractivity contribution in [2.45, 2.75) is 5.92 Å². The lowest BCUT2D eigenvalue weighted by atomic mass is 9.83. The van der Waals surface area contributed by atoms with E-state index in [2.05, 4.69) is 224 Å². The van der Waals surface area contributed by atoms with Crippen molar-refractivity contribution < 1.29 is 4.42 Å². The molecule has 0 aliphatic carbocycles. The summed E-state index contributed by atoms with van der Waals surface area (Å²) >= 11 is 0. The SMILES string of the molecule is c1ccc(-c2cccc(-c3ccc(C(c4ccc(-c5ccc(-c6cccc7c6oc6ccccc67)cc5)cc4)c4ccc(-c5cccc6ccccc56)cc4)cc3)c2)cc1. The predicted octanol–water partition coefficient (Wildman–Crippen LogP) is 16.3. The molecule has 11 rings (SSSR count). The van der Waals surface area contributed by atoms with Crippen LogP contribution < -0.4 is 0 Å². The van der Waals surface area contributed by atoms with Gasteiger partial charge in [0.1, 0.15) is 11.2 Å². The number of benzene rings is 10. The predicted molar refractivity (Wildman–Crippen MR) is 252 cm³/mol. The summed E-state index contributed by atoms with van der Waals surface area (Å²) < 4.78 is 6.36. The minimum Gasteiger partial charge on any atom is -0.455 e. The molecule has 0 fully saturated rings. The molecule has 0 spiro atoms. The van der Waals surface area contributed by atoms with Crippen LogP contribution in [0.4, 0.5) is 0 Å². The molecular weight excluding hydrogens is 725 g/mol.